The van der Waals surface area contributed by atoms with E-state index in [-0.39, 0.29) is 42.4 Å². The third kappa shape index (κ3) is 4.08. The van der Waals surface area contributed by atoms with Crippen LogP contribution in [0.1, 0.15) is 40.0 Å². The number of piperidine rings is 1. The highest BCUT2D eigenvalue weighted by Crippen LogP contribution is 2.33. The van der Waals surface area contributed by atoms with Gasteiger partial charge >= 0.3 is 6.09 Å². The smallest absolute Gasteiger partial charge is 0.404 e. The molecule has 0 bridgehead atoms. The molecule has 0 aromatic heterocycles. The molecule has 2 saturated heterocycles. The Bertz CT molecular complexity index is 963. The summed E-state index contributed by atoms with van der Waals surface area (Å²) in [7, 11) is 0. The van der Waals surface area contributed by atoms with Gasteiger partial charge in [-0.1, -0.05) is 6.07 Å². The molecule has 11 nitrogen and oxygen atoms in total. The minimum absolute atomic E-state index is 0.0590. The van der Waals surface area contributed by atoms with Gasteiger partial charge in [-0.2, -0.15) is 0 Å². The number of hydrogen-bond acceptors (Lipinski definition) is 8. The number of rotatable bonds is 6. The van der Waals surface area contributed by atoms with Crippen LogP contribution in [0.4, 0.5) is 4.79 Å². The van der Waals surface area contributed by atoms with E-state index in [9.17, 15) is 24.0 Å². The van der Waals surface area contributed by atoms with Crippen LogP contribution in [0, 0.1) is 0 Å². The number of nitrogens with zero attached hydrogens (tertiary/aromatic N) is 2. The van der Waals surface area contributed by atoms with Gasteiger partial charge in [0.2, 0.25) is 11.8 Å². The average Bonchev–Trinajstić information content (AvgIpc) is 3.25. The molecule has 3 heterocycles. The van der Waals surface area contributed by atoms with E-state index in [4.69, 9.17) is 15.2 Å². The first-order valence-corrected chi connectivity index (χ1v) is 10.0. The number of hydrogen-bond donors (Lipinski definition) is 2. The summed E-state index contributed by atoms with van der Waals surface area (Å²) in [6.45, 7) is 2.04. The molecule has 3 N–H and O–H groups in total. The largest absolute Gasteiger partial charge is 0.491 e. The van der Waals surface area contributed by atoms with E-state index in [1.807, 2.05) is 4.90 Å². The lowest BCUT2D eigenvalue weighted by molar-refractivity contribution is -0.136. The van der Waals surface area contributed by atoms with E-state index in [1.54, 1.807) is 12.1 Å². The molecule has 3 aliphatic rings. The van der Waals surface area contributed by atoms with Crippen molar-refractivity contribution in [2.45, 2.75) is 31.4 Å². The monoisotopic (exact) mass is 430 g/mol. The average molecular weight is 430 g/mol. The molecule has 31 heavy (non-hydrogen) atoms. The second-order valence-corrected chi connectivity index (χ2v) is 7.62. The van der Waals surface area contributed by atoms with Crippen molar-refractivity contribution in [3.63, 3.8) is 0 Å². The molecule has 0 saturated carbocycles. The lowest BCUT2D eigenvalue weighted by atomic mass is 10.0. The van der Waals surface area contributed by atoms with Gasteiger partial charge in [-0.25, -0.2) is 4.79 Å². The molecule has 1 unspecified atom stereocenters. The molecule has 3 aliphatic heterocycles. The van der Waals surface area contributed by atoms with Crippen LogP contribution in [-0.4, -0.2) is 77.9 Å². The van der Waals surface area contributed by atoms with Gasteiger partial charge in [-0.3, -0.25) is 34.3 Å². The van der Waals surface area contributed by atoms with E-state index < -0.39 is 35.8 Å². The molecule has 2 atom stereocenters. The van der Waals surface area contributed by atoms with Crippen molar-refractivity contribution in [3.05, 3.63) is 29.3 Å². The highest BCUT2D eigenvalue weighted by atomic mass is 16.6. The summed E-state index contributed by atoms with van der Waals surface area (Å²) in [5, 5.41) is 2.17. The first-order valence-electron chi connectivity index (χ1n) is 10.0. The van der Waals surface area contributed by atoms with Crippen molar-refractivity contribution in [2.24, 2.45) is 5.73 Å². The number of primary amides is 1. The number of nitrogens with two attached hydrogens (primary N) is 1. The molecule has 1 aromatic carbocycles. The maximum absolute atomic E-state index is 13.0. The molecule has 0 radical (unpaired) electrons. The molecule has 1 aromatic rings. The van der Waals surface area contributed by atoms with Crippen LogP contribution in [-0.2, 0) is 14.3 Å². The fourth-order valence-electron chi connectivity index (χ4n) is 4.15. The summed E-state index contributed by atoms with van der Waals surface area (Å²) in [5.74, 6) is -2.01. The third-order valence-electron chi connectivity index (χ3n) is 5.61. The number of ether oxygens (including phenoxy) is 2. The number of imide groups is 2. The Kier molecular flexibility index (Phi) is 5.59. The van der Waals surface area contributed by atoms with Gasteiger partial charge in [-0.05, 0) is 25.0 Å². The summed E-state index contributed by atoms with van der Waals surface area (Å²) >= 11 is 0. The van der Waals surface area contributed by atoms with Crippen molar-refractivity contribution >= 4 is 29.7 Å². The third-order valence-corrected chi connectivity index (χ3v) is 5.61. The van der Waals surface area contributed by atoms with E-state index in [2.05, 4.69) is 5.32 Å². The molecular formula is C20H22N4O7. The predicted molar refractivity (Wildman–Crippen MR) is 104 cm³/mol. The summed E-state index contributed by atoms with van der Waals surface area (Å²) in [5.41, 5.74) is 5.33. The lowest BCUT2D eigenvalue weighted by Gasteiger charge is -2.27. The molecule has 164 valence electrons. The Hall–Kier alpha value is -3.47. The second-order valence-electron chi connectivity index (χ2n) is 7.62. The number of likely N-dealkylation sites (tertiary alicyclic amines) is 1. The van der Waals surface area contributed by atoms with Gasteiger partial charge in [0.05, 0.1) is 11.1 Å². The molecule has 0 aliphatic carbocycles. The maximum Gasteiger partial charge on any atom is 0.404 e. The number of amides is 5. The van der Waals surface area contributed by atoms with Crippen molar-refractivity contribution in [1.82, 2.24) is 15.1 Å². The van der Waals surface area contributed by atoms with Crippen LogP contribution in [0.15, 0.2) is 18.2 Å². The standard InChI is InChI=1S/C20H22N4O7/c21-20(29)31-11-6-7-23(10-11)8-9-30-14-3-1-2-12-16(14)19(28)24(18(12)27)13-4-5-15(25)22-17(13)26/h1-3,11,13H,4-10H2,(H2,21,29)(H,22,25,26)/t11-,13?/m1/s1. The fraction of sp³-hybridized carbons (Fsp3) is 0.450. The van der Waals surface area contributed by atoms with Gasteiger partial charge in [-0.15, -0.1) is 0 Å². The van der Waals surface area contributed by atoms with Crippen molar-refractivity contribution in [2.75, 3.05) is 26.2 Å². The predicted octanol–water partition coefficient (Wildman–Crippen LogP) is -0.364. The first-order chi connectivity index (χ1) is 14.8. The number of carbonyl (C=O) groups excluding carboxylic acids is 5. The highest BCUT2D eigenvalue weighted by molar-refractivity contribution is 6.24. The quantitative estimate of drug-likeness (QED) is 0.581. The number of carbonyl (C=O) groups is 5. The number of benzene rings is 1. The molecule has 5 amide bonds. The zero-order valence-corrected chi connectivity index (χ0v) is 16.7. The summed E-state index contributed by atoms with van der Waals surface area (Å²) in [4.78, 5) is 63.2. The topological polar surface area (TPSA) is 148 Å². The van der Waals surface area contributed by atoms with Crippen LogP contribution >= 0.6 is 0 Å². The summed E-state index contributed by atoms with van der Waals surface area (Å²) in [6, 6.07) is 3.70. The van der Waals surface area contributed by atoms with Crippen LogP contribution in [0.5, 0.6) is 5.75 Å². The molecule has 0 spiro atoms. The first kappa shape index (κ1) is 20.8. The van der Waals surface area contributed by atoms with Crippen molar-refractivity contribution < 1.29 is 33.4 Å². The SMILES string of the molecule is NC(=O)O[C@@H]1CCN(CCOc2cccc3c2C(=O)N(C2CCC(=O)NC2=O)C3=O)C1. The van der Waals surface area contributed by atoms with Crippen molar-refractivity contribution in [1.29, 1.82) is 0 Å². The van der Waals surface area contributed by atoms with Crippen LogP contribution < -0.4 is 15.8 Å². The van der Waals surface area contributed by atoms with Crippen LogP contribution in [0.2, 0.25) is 0 Å². The molecule has 4 rings (SSSR count). The maximum atomic E-state index is 13.0. The minimum Gasteiger partial charge on any atom is -0.491 e. The summed E-state index contributed by atoms with van der Waals surface area (Å²) in [6.07, 6.45) is -0.219. The van der Waals surface area contributed by atoms with Gasteiger partial charge in [0.25, 0.3) is 11.8 Å². The molecule has 11 heteroatoms. The normalized spacial score (nSPS) is 23.7. The Morgan fingerprint density at radius 3 is 2.71 bits per heavy atom. The Balaban J connectivity index is 1.41. The molecular weight excluding hydrogens is 408 g/mol. The summed E-state index contributed by atoms with van der Waals surface area (Å²) < 4.78 is 10.8. The Labute approximate surface area is 177 Å². The number of fused-ring (bicyclic) bond motifs is 1. The van der Waals surface area contributed by atoms with Gasteiger partial charge in [0, 0.05) is 26.1 Å². The number of nitrogens with one attached hydrogen (secondary N) is 1. The van der Waals surface area contributed by atoms with Gasteiger partial charge in [0.1, 0.15) is 24.5 Å². The lowest BCUT2D eigenvalue weighted by Crippen LogP contribution is -2.54. The highest BCUT2D eigenvalue weighted by Gasteiger charge is 2.46. The van der Waals surface area contributed by atoms with Gasteiger partial charge < -0.3 is 15.2 Å². The van der Waals surface area contributed by atoms with E-state index in [0.717, 1.165) is 11.4 Å². The Morgan fingerprint density at radius 2 is 1.97 bits per heavy atom. The zero-order chi connectivity index (χ0) is 22.1. The van der Waals surface area contributed by atoms with Crippen LogP contribution in [0.3, 0.4) is 0 Å². The van der Waals surface area contributed by atoms with E-state index in [0.29, 0.717) is 19.5 Å². The Morgan fingerprint density at radius 1 is 1.16 bits per heavy atom. The minimum atomic E-state index is -1.02. The molecule has 2 fully saturated rings. The van der Waals surface area contributed by atoms with E-state index >= 15 is 0 Å². The fourth-order valence-corrected chi connectivity index (χ4v) is 4.15. The zero-order valence-electron chi connectivity index (χ0n) is 16.7. The van der Waals surface area contributed by atoms with Crippen molar-refractivity contribution in [3.8, 4) is 5.75 Å². The van der Waals surface area contributed by atoms with E-state index in [1.165, 1.54) is 6.07 Å². The second kappa shape index (κ2) is 8.34. The van der Waals surface area contributed by atoms with Gasteiger partial charge in [0.15, 0.2) is 0 Å². The van der Waals surface area contributed by atoms with Crippen LogP contribution in [0.25, 0.3) is 0 Å².